The van der Waals surface area contributed by atoms with E-state index in [0.717, 1.165) is 0 Å². The van der Waals surface area contributed by atoms with Gasteiger partial charge in [0.2, 0.25) is 5.91 Å². The number of aromatic nitrogens is 2. The van der Waals surface area contributed by atoms with Crippen molar-refractivity contribution in [1.82, 2.24) is 9.78 Å². The summed E-state index contributed by atoms with van der Waals surface area (Å²) in [4.78, 5) is 23.4. The van der Waals surface area contributed by atoms with Gasteiger partial charge in [-0.1, -0.05) is 12.1 Å². The highest BCUT2D eigenvalue weighted by atomic mass is 35.5. The summed E-state index contributed by atoms with van der Waals surface area (Å²) in [6.45, 7) is 3.62. The Morgan fingerprint density at radius 3 is 2.70 bits per heavy atom. The standard InChI is InChI=1S/C15H18N4O3.ClH/c1-3-22-15(21)12-8-9-19(18-12)13-7-5-4-6-11(13)17-14(20)10(2)16;/h4-10H,3,16H2,1-2H3,(H,17,20);1H/t10-;/m0./s1. The fourth-order valence-corrected chi connectivity index (χ4v) is 1.80. The second kappa shape index (κ2) is 8.30. The first-order valence-electron chi connectivity index (χ1n) is 6.91. The second-order valence-electron chi connectivity index (χ2n) is 4.66. The maximum atomic E-state index is 11.8. The van der Waals surface area contributed by atoms with Crippen LogP contribution in [0.2, 0.25) is 0 Å². The number of ether oxygens (including phenoxy) is 1. The summed E-state index contributed by atoms with van der Waals surface area (Å²) >= 11 is 0. The van der Waals surface area contributed by atoms with Crippen LogP contribution < -0.4 is 11.1 Å². The highest BCUT2D eigenvalue weighted by Gasteiger charge is 2.14. The highest BCUT2D eigenvalue weighted by Crippen LogP contribution is 2.19. The Kier molecular flexibility index (Phi) is 6.74. The molecule has 23 heavy (non-hydrogen) atoms. The number of carbonyl (C=O) groups excluding carboxylic acids is 2. The van der Waals surface area contributed by atoms with Gasteiger partial charge in [0, 0.05) is 6.20 Å². The van der Waals surface area contributed by atoms with Crippen molar-refractivity contribution < 1.29 is 14.3 Å². The predicted molar refractivity (Wildman–Crippen MR) is 89.0 cm³/mol. The van der Waals surface area contributed by atoms with Crippen molar-refractivity contribution in [3.05, 3.63) is 42.2 Å². The Morgan fingerprint density at radius 2 is 2.04 bits per heavy atom. The summed E-state index contributed by atoms with van der Waals surface area (Å²) in [6.07, 6.45) is 1.63. The van der Waals surface area contributed by atoms with Crippen molar-refractivity contribution in [3.8, 4) is 5.69 Å². The number of benzene rings is 1. The number of nitrogens with one attached hydrogen (secondary N) is 1. The zero-order chi connectivity index (χ0) is 16.1. The summed E-state index contributed by atoms with van der Waals surface area (Å²) < 4.78 is 6.41. The molecule has 1 aromatic carbocycles. The van der Waals surface area contributed by atoms with Gasteiger partial charge >= 0.3 is 5.97 Å². The average molecular weight is 339 g/mol. The molecule has 1 heterocycles. The third-order valence-corrected chi connectivity index (χ3v) is 2.90. The topological polar surface area (TPSA) is 99.2 Å². The van der Waals surface area contributed by atoms with Crippen molar-refractivity contribution in [2.24, 2.45) is 5.73 Å². The lowest BCUT2D eigenvalue weighted by Crippen LogP contribution is -2.32. The van der Waals surface area contributed by atoms with Gasteiger partial charge in [0.1, 0.15) is 0 Å². The van der Waals surface area contributed by atoms with Crippen LogP contribution in [0.5, 0.6) is 0 Å². The molecule has 8 heteroatoms. The van der Waals surface area contributed by atoms with Gasteiger partial charge < -0.3 is 15.8 Å². The van der Waals surface area contributed by atoms with E-state index in [1.165, 1.54) is 4.68 Å². The van der Waals surface area contributed by atoms with Crippen LogP contribution >= 0.6 is 12.4 Å². The molecule has 2 aromatic rings. The number of hydrogen-bond acceptors (Lipinski definition) is 5. The second-order valence-corrected chi connectivity index (χ2v) is 4.66. The molecule has 1 aromatic heterocycles. The number of nitrogens with zero attached hydrogens (tertiary/aromatic N) is 2. The van der Waals surface area contributed by atoms with E-state index in [-0.39, 0.29) is 30.6 Å². The smallest absolute Gasteiger partial charge is 0.358 e. The maximum absolute atomic E-state index is 11.8. The summed E-state index contributed by atoms with van der Waals surface area (Å²) in [5, 5.41) is 6.90. The van der Waals surface area contributed by atoms with Crippen LogP contribution in [0.3, 0.4) is 0 Å². The number of rotatable bonds is 5. The van der Waals surface area contributed by atoms with Gasteiger partial charge in [-0.3, -0.25) is 4.79 Å². The van der Waals surface area contributed by atoms with Crippen molar-refractivity contribution in [2.45, 2.75) is 19.9 Å². The number of amides is 1. The molecule has 0 fully saturated rings. The van der Waals surface area contributed by atoms with Crippen LogP contribution in [0.4, 0.5) is 5.69 Å². The van der Waals surface area contributed by atoms with E-state index in [1.54, 1.807) is 44.3 Å². The Bertz CT molecular complexity index is 685. The number of halogens is 1. The molecular formula is C15H19ClN4O3. The van der Waals surface area contributed by atoms with E-state index in [1.807, 2.05) is 6.07 Å². The fourth-order valence-electron chi connectivity index (χ4n) is 1.80. The van der Waals surface area contributed by atoms with Crippen molar-refractivity contribution in [1.29, 1.82) is 0 Å². The molecule has 0 aliphatic heterocycles. The van der Waals surface area contributed by atoms with Crippen LogP contribution in [0.15, 0.2) is 36.5 Å². The van der Waals surface area contributed by atoms with Gasteiger partial charge in [0.15, 0.2) is 5.69 Å². The summed E-state index contributed by atoms with van der Waals surface area (Å²) in [5.74, 6) is -0.788. The Labute approximate surface area is 140 Å². The summed E-state index contributed by atoms with van der Waals surface area (Å²) in [6, 6.07) is 8.04. The van der Waals surface area contributed by atoms with Gasteiger partial charge in [-0.2, -0.15) is 5.10 Å². The van der Waals surface area contributed by atoms with Crippen LogP contribution in [-0.2, 0) is 9.53 Å². The molecule has 0 unspecified atom stereocenters. The third-order valence-electron chi connectivity index (χ3n) is 2.90. The largest absolute Gasteiger partial charge is 0.461 e. The molecule has 1 atom stereocenters. The zero-order valence-corrected chi connectivity index (χ0v) is 13.7. The van der Waals surface area contributed by atoms with Crippen molar-refractivity contribution >= 4 is 30.0 Å². The maximum Gasteiger partial charge on any atom is 0.358 e. The van der Waals surface area contributed by atoms with Crippen LogP contribution in [0.25, 0.3) is 5.69 Å². The molecule has 1 amide bonds. The number of para-hydroxylation sites is 2. The molecule has 0 saturated heterocycles. The average Bonchev–Trinajstić information content (AvgIpc) is 2.97. The summed E-state index contributed by atoms with van der Waals surface area (Å²) in [7, 11) is 0. The van der Waals surface area contributed by atoms with E-state index in [9.17, 15) is 9.59 Å². The molecular weight excluding hydrogens is 320 g/mol. The van der Waals surface area contributed by atoms with E-state index in [4.69, 9.17) is 10.5 Å². The molecule has 124 valence electrons. The minimum absolute atomic E-state index is 0. The first-order valence-corrected chi connectivity index (χ1v) is 6.91. The SMILES string of the molecule is CCOC(=O)c1ccn(-c2ccccc2NC(=O)[C@H](C)N)n1.Cl. The number of nitrogens with two attached hydrogens (primary N) is 1. The Morgan fingerprint density at radius 1 is 1.35 bits per heavy atom. The molecule has 0 radical (unpaired) electrons. The van der Waals surface area contributed by atoms with Crippen LogP contribution in [0, 0.1) is 0 Å². The molecule has 0 aliphatic carbocycles. The monoisotopic (exact) mass is 338 g/mol. The lowest BCUT2D eigenvalue weighted by molar-refractivity contribution is -0.117. The predicted octanol–water partition coefficient (Wildman–Crippen LogP) is 1.76. The molecule has 0 aliphatic rings. The van der Waals surface area contributed by atoms with E-state index in [2.05, 4.69) is 10.4 Å². The Balaban J connectivity index is 0.00000264. The highest BCUT2D eigenvalue weighted by molar-refractivity contribution is 5.96. The van der Waals surface area contributed by atoms with Gasteiger partial charge in [-0.25, -0.2) is 9.48 Å². The third kappa shape index (κ3) is 4.54. The fraction of sp³-hybridized carbons (Fsp3) is 0.267. The normalized spacial score (nSPS) is 11.3. The Hall–Kier alpha value is -2.38. The molecule has 0 bridgehead atoms. The van der Waals surface area contributed by atoms with Crippen LogP contribution in [-0.4, -0.2) is 34.3 Å². The molecule has 7 nitrogen and oxygen atoms in total. The van der Waals surface area contributed by atoms with Gasteiger partial charge in [0.05, 0.1) is 24.0 Å². The first-order chi connectivity index (χ1) is 10.5. The minimum atomic E-state index is -0.624. The number of esters is 1. The number of carbonyl (C=O) groups is 2. The summed E-state index contributed by atoms with van der Waals surface area (Å²) in [5.41, 5.74) is 6.95. The lowest BCUT2D eigenvalue weighted by atomic mass is 10.2. The number of hydrogen-bond donors (Lipinski definition) is 2. The molecule has 3 N–H and O–H groups in total. The van der Waals surface area contributed by atoms with Crippen LogP contribution in [0.1, 0.15) is 24.3 Å². The molecule has 0 spiro atoms. The molecule has 0 saturated carbocycles. The lowest BCUT2D eigenvalue weighted by Gasteiger charge is -2.12. The minimum Gasteiger partial charge on any atom is -0.461 e. The quantitative estimate of drug-likeness (QED) is 0.809. The van der Waals surface area contributed by atoms with Gasteiger partial charge in [-0.05, 0) is 32.0 Å². The zero-order valence-electron chi connectivity index (χ0n) is 12.9. The molecule has 2 rings (SSSR count). The van der Waals surface area contributed by atoms with E-state index < -0.39 is 12.0 Å². The van der Waals surface area contributed by atoms with Gasteiger partial charge in [0.25, 0.3) is 0 Å². The van der Waals surface area contributed by atoms with Crippen molar-refractivity contribution in [3.63, 3.8) is 0 Å². The van der Waals surface area contributed by atoms with Gasteiger partial charge in [-0.15, -0.1) is 12.4 Å². The van der Waals surface area contributed by atoms with E-state index >= 15 is 0 Å². The first kappa shape index (κ1) is 18.7. The van der Waals surface area contributed by atoms with E-state index in [0.29, 0.717) is 11.4 Å². The van der Waals surface area contributed by atoms with Crippen molar-refractivity contribution in [2.75, 3.05) is 11.9 Å². The number of anilines is 1.